The highest BCUT2D eigenvalue weighted by molar-refractivity contribution is 7.99. The maximum atomic E-state index is 12.7. The molecule has 3 aromatic rings. The van der Waals surface area contributed by atoms with E-state index in [9.17, 15) is 4.79 Å². The van der Waals surface area contributed by atoms with Crippen molar-refractivity contribution in [1.29, 1.82) is 0 Å². The minimum absolute atomic E-state index is 0.0355. The van der Waals surface area contributed by atoms with E-state index in [-0.39, 0.29) is 11.9 Å². The van der Waals surface area contributed by atoms with Crippen LogP contribution in [0.5, 0.6) is 0 Å². The average molecular weight is 450 g/mol. The number of amides is 1. The summed E-state index contributed by atoms with van der Waals surface area (Å²) in [5.41, 5.74) is 9.65. The lowest BCUT2D eigenvalue weighted by atomic mass is 9.83. The van der Waals surface area contributed by atoms with E-state index in [2.05, 4.69) is 62.5 Å². The number of nitrogens with one attached hydrogen (secondary N) is 3. The Balaban J connectivity index is 1.30. The van der Waals surface area contributed by atoms with Gasteiger partial charge in [-0.25, -0.2) is 0 Å². The first-order valence-electron chi connectivity index (χ1n) is 11.0. The average Bonchev–Trinajstić information content (AvgIpc) is 3.45. The lowest BCUT2D eigenvalue weighted by Gasteiger charge is -2.31. The van der Waals surface area contributed by atoms with Gasteiger partial charge in [-0.05, 0) is 56.4 Å². The first-order chi connectivity index (χ1) is 15.7. The molecule has 1 saturated carbocycles. The van der Waals surface area contributed by atoms with Gasteiger partial charge in [-0.2, -0.15) is 0 Å². The lowest BCUT2D eigenvalue weighted by molar-refractivity contribution is -0.119. The minimum atomic E-state index is 0.0355. The maximum Gasteiger partial charge on any atom is 0.230 e. The van der Waals surface area contributed by atoms with Crippen LogP contribution in [0.3, 0.4) is 0 Å². The van der Waals surface area contributed by atoms with Gasteiger partial charge in [0, 0.05) is 42.3 Å². The number of carbonyl (C=O) groups excluding carboxylic acids is 1. The van der Waals surface area contributed by atoms with Crippen molar-refractivity contribution in [3.8, 4) is 17.1 Å². The monoisotopic (exact) mass is 449 g/mol. The van der Waals surface area contributed by atoms with E-state index in [1.807, 2.05) is 16.7 Å². The number of thioether (sulfide) groups is 1. The second kappa shape index (κ2) is 9.40. The maximum absolute atomic E-state index is 12.7. The molecular formula is C23H27N7OS. The molecule has 32 heavy (non-hydrogen) atoms. The largest absolute Gasteiger partial charge is 0.353 e. The van der Waals surface area contributed by atoms with Gasteiger partial charge >= 0.3 is 0 Å². The highest BCUT2D eigenvalue weighted by Crippen LogP contribution is 2.29. The number of pyridine rings is 1. The van der Waals surface area contributed by atoms with E-state index in [1.165, 1.54) is 17.3 Å². The van der Waals surface area contributed by atoms with Gasteiger partial charge in [-0.3, -0.25) is 25.2 Å². The van der Waals surface area contributed by atoms with Gasteiger partial charge < -0.3 is 5.32 Å². The van der Waals surface area contributed by atoms with E-state index in [1.54, 1.807) is 12.4 Å². The Morgan fingerprint density at radius 3 is 2.78 bits per heavy atom. The summed E-state index contributed by atoms with van der Waals surface area (Å²) in [5.74, 6) is 1.75. The molecule has 2 aliphatic rings. The van der Waals surface area contributed by atoms with Crippen molar-refractivity contribution < 1.29 is 4.79 Å². The minimum Gasteiger partial charge on any atom is -0.353 e. The molecule has 2 fully saturated rings. The molecule has 8 nitrogen and oxygen atoms in total. The van der Waals surface area contributed by atoms with Crippen LogP contribution in [0.25, 0.3) is 17.1 Å². The Morgan fingerprint density at radius 1 is 1.16 bits per heavy atom. The molecule has 1 saturated heterocycles. The fraction of sp³-hybridized carbons (Fsp3) is 0.391. The van der Waals surface area contributed by atoms with Gasteiger partial charge in [0.25, 0.3) is 0 Å². The molecule has 1 aliphatic carbocycles. The van der Waals surface area contributed by atoms with Crippen molar-refractivity contribution >= 4 is 17.7 Å². The van der Waals surface area contributed by atoms with Crippen LogP contribution >= 0.6 is 11.8 Å². The Bertz CT molecular complexity index is 1070. The second-order valence-electron chi connectivity index (χ2n) is 8.47. The summed E-state index contributed by atoms with van der Waals surface area (Å²) in [7, 11) is 0. The lowest BCUT2D eigenvalue weighted by Crippen LogP contribution is -2.45. The SMILES string of the molecule is Cc1ccc(-n2c(SCC(=O)NC3CCC4CNNC4C3)nnc2-c2ccncc2)cc1. The van der Waals surface area contributed by atoms with Gasteiger partial charge in [-0.15, -0.1) is 10.2 Å². The van der Waals surface area contributed by atoms with Crippen LogP contribution in [0.1, 0.15) is 24.8 Å². The number of hydrogen-bond donors (Lipinski definition) is 3. The highest BCUT2D eigenvalue weighted by atomic mass is 32.2. The molecule has 9 heteroatoms. The van der Waals surface area contributed by atoms with E-state index in [0.29, 0.717) is 22.9 Å². The molecule has 0 radical (unpaired) electrons. The third-order valence-electron chi connectivity index (χ3n) is 6.21. The third kappa shape index (κ3) is 4.55. The Labute approximate surface area is 191 Å². The number of aromatic nitrogens is 4. The summed E-state index contributed by atoms with van der Waals surface area (Å²) in [6, 6.07) is 12.7. The van der Waals surface area contributed by atoms with Crippen molar-refractivity contribution in [2.75, 3.05) is 12.3 Å². The van der Waals surface area contributed by atoms with Gasteiger partial charge in [-0.1, -0.05) is 29.5 Å². The Hall–Kier alpha value is -2.75. The number of hydrazine groups is 1. The smallest absolute Gasteiger partial charge is 0.230 e. The molecule has 2 aromatic heterocycles. The Morgan fingerprint density at radius 2 is 1.97 bits per heavy atom. The standard InChI is InChI=1S/C23H27N7OS/c1-15-2-6-19(7-3-15)30-22(16-8-10-24-11-9-16)28-29-23(30)32-14-21(31)26-18-5-4-17-13-25-27-20(17)12-18/h2-3,6-11,17-18,20,25,27H,4-5,12-14H2,1H3,(H,26,31). The molecule has 3 N–H and O–H groups in total. The predicted molar refractivity (Wildman–Crippen MR) is 124 cm³/mol. The number of aryl methyl sites for hydroxylation is 1. The van der Waals surface area contributed by atoms with Crippen LogP contribution in [-0.2, 0) is 4.79 Å². The molecule has 1 aromatic carbocycles. The number of carbonyl (C=O) groups is 1. The number of fused-ring (bicyclic) bond motifs is 1. The van der Waals surface area contributed by atoms with Gasteiger partial charge in [0.2, 0.25) is 5.91 Å². The van der Waals surface area contributed by atoms with Gasteiger partial charge in [0.15, 0.2) is 11.0 Å². The zero-order chi connectivity index (χ0) is 21.9. The first-order valence-corrected chi connectivity index (χ1v) is 12.0. The van der Waals surface area contributed by atoms with Gasteiger partial charge in [0.05, 0.1) is 5.75 Å². The molecule has 3 unspecified atom stereocenters. The molecule has 3 heterocycles. The van der Waals surface area contributed by atoms with Crippen LogP contribution in [0, 0.1) is 12.8 Å². The van der Waals surface area contributed by atoms with Crippen molar-refractivity contribution in [3.63, 3.8) is 0 Å². The summed E-state index contributed by atoms with van der Waals surface area (Å²) in [5, 5.41) is 12.8. The fourth-order valence-electron chi connectivity index (χ4n) is 4.48. The molecule has 1 amide bonds. The number of hydrogen-bond acceptors (Lipinski definition) is 7. The van der Waals surface area contributed by atoms with E-state index < -0.39 is 0 Å². The normalized spacial score (nSPS) is 22.5. The summed E-state index contributed by atoms with van der Waals surface area (Å²) < 4.78 is 2.01. The predicted octanol–water partition coefficient (Wildman–Crippen LogP) is 2.49. The van der Waals surface area contributed by atoms with Crippen molar-refractivity contribution in [2.24, 2.45) is 5.92 Å². The summed E-state index contributed by atoms with van der Waals surface area (Å²) >= 11 is 1.41. The zero-order valence-electron chi connectivity index (χ0n) is 18.0. The fourth-order valence-corrected chi connectivity index (χ4v) is 5.25. The molecule has 0 bridgehead atoms. The van der Waals surface area contributed by atoms with Crippen LogP contribution in [0.2, 0.25) is 0 Å². The summed E-state index contributed by atoms with van der Waals surface area (Å²) in [4.78, 5) is 16.8. The topological polar surface area (TPSA) is 96.8 Å². The molecular weight excluding hydrogens is 422 g/mol. The van der Waals surface area contributed by atoms with Crippen molar-refractivity contribution in [1.82, 2.24) is 35.9 Å². The van der Waals surface area contributed by atoms with Crippen LogP contribution in [0.4, 0.5) is 0 Å². The zero-order valence-corrected chi connectivity index (χ0v) is 18.8. The molecule has 166 valence electrons. The second-order valence-corrected chi connectivity index (χ2v) is 9.41. The quantitative estimate of drug-likeness (QED) is 0.498. The summed E-state index contributed by atoms with van der Waals surface area (Å²) in [6.45, 7) is 3.08. The van der Waals surface area contributed by atoms with Crippen molar-refractivity contribution in [3.05, 3.63) is 54.4 Å². The molecule has 3 atom stereocenters. The van der Waals surface area contributed by atoms with E-state index >= 15 is 0 Å². The summed E-state index contributed by atoms with van der Waals surface area (Å²) in [6.07, 6.45) is 6.63. The molecule has 1 aliphatic heterocycles. The van der Waals surface area contributed by atoms with Crippen molar-refractivity contribution in [2.45, 2.75) is 43.4 Å². The molecule has 0 spiro atoms. The van der Waals surface area contributed by atoms with Crippen LogP contribution in [0.15, 0.2) is 53.9 Å². The number of nitrogens with zero attached hydrogens (tertiary/aromatic N) is 4. The number of benzene rings is 1. The first kappa shape index (κ1) is 21.1. The Kier molecular flexibility index (Phi) is 6.20. The molecule has 5 rings (SSSR count). The van der Waals surface area contributed by atoms with Crippen LogP contribution < -0.4 is 16.2 Å². The van der Waals surface area contributed by atoms with Crippen LogP contribution in [-0.4, -0.2) is 50.0 Å². The van der Waals surface area contributed by atoms with E-state index in [4.69, 9.17) is 0 Å². The van der Waals surface area contributed by atoms with Gasteiger partial charge in [0.1, 0.15) is 0 Å². The van der Waals surface area contributed by atoms with E-state index in [0.717, 1.165) is 42.9 Å². The third-order valence-corrected chi connectivity index (χ3v) is 7.14. The highest BCUT2D eigenvalue weighted by Gasteiger charge is 2.34. The number of rotatable bonds is 6.